The topological polar surface area (TPSA) is 27.0 Å². The molecule has 0 aliphatic rings. The van der Waals surface area contributed by atoms with Crippen molar-refractivity contribution in [3.63, 3.8) is 0 Å². The quantitative estimate of drug-likeness (QED) is 0.743. The molecule has 2 nitrogen and oxygen atoms in total. The van der Waals surface area contributed by atoms with E-state index in [9.17, 15) is 13.2 Å². The van der Waals surface area contributed by atoms with Crippen LogP contribution in [0, 0.1) is 11.3 Å². The summed E-state index contributed by atoms with van der Waals surface area (Å²) in [6.45, 7) is 6.86. The lowest BCUT2D eigenvalue weighted by Crippen LogP contribution is -2.25. The Balaban J connectivity index is 2.74. The van der Waals surface area contributed by atoms with Crippen molar-refractivity contribution in [2.45, 2.75) is 24.9 Å². The molecule has 0 atom stereocenters. The first-order valence-corrected chi connectivity index (χ1v) is 7.37. The fraction of sp³-hybridized carbons (Fsp3) is 0.500. The summed E-state index contributed by atoms with van der Waals surface area (Å²) in [4.78, 5) is 2.83. The first kappa shape index (κ1) is 16.9. The number of alkyl halides is 3. The number of thioether (sulfide) groups is 1. The van der Waals surface area contributed by atoms with E-state index in [1.807, 2.05) is 6.07 Å². The van der Waals surface area contributed by atoms with Gasteiger partial charge in [0.05, 0.1) is 11.1 Å². The average Bonchev–Trinajstić information content (AvgIpc) is 2.42. The van der Waals surface area contributed by atoms with Gasteiger partial charge in [-0.2, -0.15) is 18.4 Å². The van der Waals surface area contributed by atoms with Crippen molar-refractivity contribution in [2.75, 3.05) is 25.4 Å². The molecule has 0 amide bonds. The molecule has 0 bridgehead atoms. The Bertz CT molecular complexity index is 476. The van der Waals surface area contributed by atoms with Gasteiger partial charge in [-0.1, -0.05) is 13.8 Å². The van der Waals surface area contributed by atoms with E-state index in [1.165, 1.54) is 17.8 Å². The van der Waals surface area contributed by atoms with Gasteiger partial charge in [-0.25, -0.2) is 0 Å². The highest BCUT2D eigenvalue weighted by Gasteiger charge is 2.31. The van der Waals surface area contributed by atoms with Crippen LogP contribution in [0.2, 0.25) is 0 Å². The smallest absolute Gasteiger partial charge is 0.303 e. The lowest BCUT2D eigenvalue weighted by Gasteiger charge is -2.17. The summed E-state index contributed by atoms with van der Waals surface area (Å²) in [6, 6.07) is 5.17. The van der Waals surface area contributed by atoms with Gasteiger partial charge in [0, 0.05) is 17.2 Å². The second-order valence-electron chi connectivity index (χ2n) is 4.20. The van der Waals surface area contributed by atoms with Crippen molar-refractivity contribution < 1.29 is 13.2 Å². The molecular weight excluding hydrogens is 285 g/mol. The van der Waals surface area contributed by atoms with E-state index < -0.39 is 11.7 Å². The van der Waals surface area contributed by atoms with Crippen molar-refractivity contribution in [3.8, 4) is 6.07 Å². The standard InChI is InChI=1S/C14H17F3N2S/c1-3-19(4-2)7-8-20-13-6-5-12(14(15,16)17)9-11(13)10-18/h5-6,9H,3-4,7-8H2,1-2H3. The molecule has 0 N–H and O–H groups in total. The third-order valence-electron chi connectivity index (χ3n) is 2.99. The number of hydrogen-bond acceptors (Lipinski definition) is 3. The summed E-state index contributed by atoms with van der Waals surface area (Å²) in [5, 5.41) is 8.97. The first-order chi connectivity index (χ1) is 9.42. The summed E-state index contributed by atoms with van der Waals surface area (Å²) in [6.07, 6.45) is -4.41. The van der Waals surface area contributed by atoms with Gasteiger partial charge in [-0.05, 0) is 31.3 Å². The summed E-state index contributed by atoms with van der Waals surface area (Å²) >= 11 is 1.42. The number of hydrogen-bond donors (Lipinski definition) is 0. The number of rotatable bonds is 6. The molecule has 6 heteroatoms. The van der Waals surface area contributed by atoms with Crippen LogP contribution >= 0.6 is 11.8 Å². The van der Waals surface area contributed by atoms with Crippen molar-refractivity contribution in [1.82, 2.24) is 4.90 Å². The largest absolute Gasteiger partial charge is 0.416 e. The minimum absolute atomic E-state index is 0.0874. The molecule has 1 aromatic carbocycles. The highest BCUT2D eigenvalue weighted by atomic mass is 32.2. The van der Waals surface area contributed by atoms with E-state index in [4.69, 9.17) is 5.26 Å². The van der Waals surface area contributed by atoms with E-state index >= 15 is 0 Å². The highest BCUT2D eigenvalue weighted by Crippen LogP contribution is 2.32. The molecule has 0 aromatic heterocycles. The molecule has 1 rings (SSSR count). The van der Waals surface area contributed by atoms with Gasteiger partial charge in [0.1, 0.15) is 6.07 Å². The monoisotopic (exact) mass is 302 g/mol. The Morgan fingerprint density at radius 1 is 1.25 bits per heavy atom. The highest BCUT2D eigenvalue weighted by molar-refractivity contribution is 7.99. The van der Waals surface area contributed by atoms with Gasteiger partial charge in [0.2, 0.25) is 0 Å². The molecule has 0 unspecified atom stereocenters. The van der Waals surface area contributed by atoms with Crippen LogP contribution in [0.25, 0.3) is 0 Å². The van der Waals surface area contributed by atoms with Crippen molar-refractivity contribution in [2.24, 2.45) is 0 Å². The fourth-order valence-corrected chi connectivity index (χ4v) is 2.74. The minimum atomic E-state index is -4.41. The van der Waals surface area contributed by atoms with Crippen LogP contribution < -0.4 is 0 Å². The molecule has 0 spiro atoms. The van der Waals surface area contributed by atoms with Crippen LogP contribution in [-0.2, 0) is 6.18 Å². The van der Waals surface area contributed by atoms with E-state index in [1.54, 1.807) is 0 Å². The molecule has 0 saturated carbocycles. The van der Waals surface area contributed by atoms with Gasteiger partial charge in [-0.15, -0.1) is 11.8 Å². The number of halogens is 3. The molecule has 0 saturated heterocycles. The zero-order valence-corrected chi connectivity index (χ0v) is 12.3. The van der Waals surface area contributed by atoms with Gasteiger partial charge in [0.15, 0.2) is 0 Å². The number of nitrogens with zero attached hydrogens (tertiary/aromatic N) is 2. The van der Waals surface area contributed by atoms with Gasteiger partial charge >= 0.3 is 6.18 Å². The van der Waals surface area contributed by atoms with Gasteiger partial charge in [-0.3, -0.25) is 0 Å². The van der Waals surface area contributed by atoms with Crippen molar-refractivity contribution in [1.29, 1.82) is 5.26 Å². The molecule has 0 radical (unpaired) electrons. The number of benzene rings is 1. The first-order valence-electron chi connectivity index (χ1n) is 6.38. The fourth-order valence-electron chi connectivity index (χ4n) is 1.74. The van der Waals surface area contributed by atoms with E-state index in [2.05, 4.69) is 18.7 Å². The molecule has 0 heterocycles. The van der Waals surface area contributed by atoms with Crippen molar-refractivity contribution >= 4 is 11.8 Å². The van der Waals surface area contributed by atoms with Crippen LogP contribution in [0.4, 0.5) is 13.2 Å². The van der Waals surface area contributed by atoms with Crippen LogP contribution in [0.1, 0.15) is 25.0 Å². The van der Waals surface area contributed by atoms with Gasteiger partial charge in [0.25, 0.3) is 0 Å². The maximum atomic E-state index is 12.6. The molecule has 1 aromatic rings. The van der Waals surface area contributed by atoms with Gasteiger partial charge < -0.3 is 4.90 Å². The maximum absolute atomic E-state index is 12.6. The predicted octanol–water partition coefficient (Wildman–Crippen LogP) is 4.01. The van der Waals surface area contributed by atoms with E-state index in [-0.39, 0.29) is 5.56 Å². The zero-order chi connectivity index (χ0) is 15.2. The third-order valence-corrected chi connectivity index (χ3v) is 4.04. The molecule has 0 aliphatic heterocycles. The Labute approximate surface area is 121 Å². The molecular formula is C14H17F3N2S. The normalized spacial score (nSPS) is 11.7. The lowest BCUT2D eigenvalue weighted by atomic mass is 10.1. The molecule has 20 heavy (non-hydrogen) atoms. The van der Waals surface area contributed by atoms with Crippen molar-refractivity contribution in [3.05, 3.63) is 29.3 Å². The van der Waals surface area contributed by atoms with Crippen LogP contribution in [0.3, 0.4) is 0 Å². The Morgan fingerprint density at radius 3 is 2.40 bits per heavy atom. The Morgan fingerprint density at radius 2 is 1.90 bits per heavy atom. The van der Waals surface area contributed by atoms with E-state index in [0.717, 1.165) is 37.5 Å². The summed E-state index contributed by atoms with van der Waals surface area (Å²) in [5.74, 6) is 0.752. The predicted molar refractivity (Wildman–Crippen MR) is 74.7 cm³/mol. The lowest BCUT2D eigenvalue weighted by molar-refractivity contribution is -0.137. The zero-order valence-electron chi connectivity index (χ0n) is 11.5. The molecule has 0 fully saturated rings. The maximum Gasteiger partial charge on any atom is 0.416 e. The second-order valence-corrected chi connectivity index (χ2v) is 5.33. The second kappa shape index (κ2) is 7.55. The summed E-state index contributed by atoms with van der Waals surface area (Å²) < 4.78 is 37.7. The SMILES string of the molecule is CCN(CC)CCSc1ccc(C(F)(F)F)cc1C#N. The van der Waals surface area contributed by atoms with Crippen LogP contribution in [0.15, 0.2) is 23.1 Å². The van der Waals surface area contributed by atoms with Crippen LogP contribution in [0.5, 0.6) is 0 Å². The average molecular weight is 302 g/mol. The summed E-state index contributed by atoms with van der Waals surface area (Å²) in [5.41, 5.74) is -0.688. The Hall–Kier alpha value is -1.19. The molecule has 0 aliphatic carbocycles. The number of nitriles is 1. The van der Waals surface area contributed by atoms with Crippen LogP contribution in [-0.4, -0.2) is 30.3 Å². The Kier molecular flexibility index (Phi) is 6.37. The summed E-state index contributed by atoms with van der Waals surface area (Å²) in [7, 11) is 0. The third kappa shape index (κ3) is 4.73. The molecule has 110 valence electrons. The van der Waals surface area contributed by atoms with E-state index in [0.29, 0.717) is 4.90 Å². The minimum Gasteiger partial charge on any atom is -0.303 e.